The fourth-order valence-electron chi connectivity index (χ4n) is 2.70. The minimum Gasteiger partial charge on any atom is -0.495 e. The second-order valence-electron chi connectivity index (χ2n) is 6.48. The lowest BCUT2D eigenvalue weighted by Gasteiger charge is -2.13. The van der Waals surface area contributed by atoms with Crippen LogP contribution in [-0.4, -0.2) is 27.3 Å². The highest BCUT2D eigenvalue weighted by molar-refractivity contribution is 7.92. The zero-order valence-electron chi connectivity index (χ0n) is 16.9. The largest absolute Gasteiger partial charge is 0.495 e. The minimum atomic E-state index is -4.24. The molecule has 0 fully saturated rings. The number of carbonyl (C=O) groups is 2. The lowest BCUT2D eigenvalue weighted by atomic mass is 10.2. The number of nitrogens with one attached hydrogen (secondary N) is 3. The summed E-state index contributed by atoms with van der Waals surface area (Å²) in [5.74, 6) is -3.61. The highest BCUT2D eigenvalue weighted by Gasteiger charge is 2.22. The van der Waals surface area contributed by atoms with Crippen molar-refractivity contribution in [1.29, 1.82) is 0 Å². The van der Waals surface area contributed by atoms with Gasteiger partial charge < -0.3 is 4.74 Å². The van der Waals surface area contributed by atoms with Gasteiger partial charge >= 0.3 is 0 Å². The van der Waals surface area contributed by atoms with E-state index in [-0.39, 0.29) is 22.0 Å². The van der Waals surface area contributed by atoms with Crippen LogP contribution in [0.15, 0.2) is 65.6 Å². The summed E-state index contributed by atoms with van der Waals surface area (Å²) >= 11 is 6.04. The number of para-hydroxylation sites is 2. The Hall–Kier alpha value is -3.70. The highest BCUT2D eigenvalue weighted by Crippen LogP contribution is 2.29. The van der Waals surface area contributed by atoms with Crippen LogP contribution in [-0.2, 0) is 10.0 Å². The number of anilines is 1. The molecule has 33 heavy (non-hydrogen) atoms. The van der Waals surface area contributed by atoms with Crippen molar-refractivity contribution in [3.63, 3.8) is 0 Å². The molecule has 0 saturated heterocycles. The molecule has 0 aliphatic rings. The van der Waals surface area contributed by atoms with Gasteiger partial charge in [0.05, 0.1) is 23.4 Å². The Labute approximate surface area is 192 Å². The van der Waals surface area contributed by atoms with Gasteiger partial charge in [0, 0.05) is 5.56 Å². The first-order valence-electron chi connectivity index (χ1n) is 9.13. The average molecular weight is 496 g/mol. The molecule has 3 rings (SSSR count). The van der Waals surface area contributed by atoms with E-state index in [0.29, 0.717) is 6.07 Å². The first kappa shape index (κ1) is 24.0. The van der Waals surface area contributed by atoms with Crippen LogP contribution in [0.3, 0.4) is 0 Å². The Kier molecular flexibility index (Phi) is 7.14. The molecule has 0 aliphatic heterocycles. The standard InChI is InChI=1S/C21H16ClF2N3O5S/c1-32-18-5-3-2-4-17(18)27-33(30,31)19-10-12(6-8-15(19)22)20(28)25-26-21(29)14-11-13(23)7-9-16(14)24/h2-11,27H,1H3,(H,25,28)(H,26,29). The zero-order chi connectivity index (χ0) is 24.2. The van der Waals surface area contributed by atoms with Crippen LogP contribution in [0, 0.1) is 11.6 Å². The van der Waals surface area contributed by atoms with Crippen LogP contribution in [0.5, 0.6) is 5.75 Å². The van der Waals surface area contributed by atoms with Gasteiger partial charge in [-0.25, -0.2) is 17.2 Å². The number of hydrogen-bond acceptors (Lipinski definition) is 5. The second kappa shape index (κ2) is 9.84. The first-order valence-corrected chi connectivity index (χ1v) is 11.0. The Morgan fingerprint density at radius 1 is 0.939 bits per heavy atom. The second-order valence-corrected chi connectivity index (χ2v) is 8.54. The Morgan fingerprint density at radius 2 is 1.64 bits per heavy atom. The van der Waals surface area contributed by atoms with E-state index in [4.69, 9.17) is 16.3 Å². The van der Waals surface area contributed by atoms with Crippen LogP contribution in [0.4, 0.5) is 14.5 Å². The number of methoxy groups -OCH3 is 1. The zero-order valence-corrected chi connectivity index (χ0v) is 18.4. The molecule has 3 N–H and O–H groups in total. The van der Waals surface area contributed by atoms with Crippen molar-refractivity contribution in [2.24, 2.45) is 0 Å². The SMILES string of the molecule is COc1ccccc1NS(=O)(=O)c1cc(C(=O)NNC(=O)c2cc(F)ccc2F)ccc1Cl. The Balaban J connectivity index is 1.79. The maximum atomic E-state index is 13.7. The van der Waals surface area contributed by atoms with E-state index < -0.39 is 43.9 Å². The van der Waals surface area contributed by atoms with Crippen molar-refractivity contribution in [2.45, 2.75) is 4.90 Å². The van der Waals surface area contributed by atoms with Crippen molar-refractivity contribution in [3.05, 3.63) is 88.4 Å². The smallest absolute Gasteiger partial charge is 0.272 e. The third kappa shape index (κ3) is 5.57. The van der Waals surface area contributed by atoms with E-state index in [2.05, 4.69) is 4.72 Å². The van der Waals surface area contributed by atoms with Gasteiger partial charge in [0.15, 0.2) is 0 Å². The number of amides is 2. The van der Waals surface area contributed by atoms with Gasteiger partial charge in [-0.15, -0.1) is 0 Å². The summed E-state index contributed by atoms with van der Waals surface area (Å²) in [7, 11) is -2.87. The van der Waals surface area contributed by atoms with Crippen molar-refractivity contribution < 1.29 is 31.5 Å². The fraction of sp³-hybridized carbons (Fsp3) is 0.0476. The molecule has 172 valence electrons. The normalized spacial score (nSPS) is 10.9. The van der Waals surface area contributed by atoms with E-state index in [0.717, 1.165) is 18.2 Å². The van der Waals surface area contributed by atoms with Crippen molar-refractivity contribution in [3.8, 4) is 5.75 Å². The molecular formula is C21H16ClF2N3O5S. The third-order valence-corrected chi connectivity index (χ3v) is 6.14. The maximum Gasteiger partial charge on any atom is 0.272 e. The summed E-state index contributed by atoms with van der Waals surface area (Å²) < 4.78 is 60.1. The summed E-state index contributed by atoms with van der Waals surface area (Å²) in [6.45, 7) is 0. The average Bonchev–Trinajstić information content (AvgIpc) is 2.79. The molecule has 2 amide bonds. The van der Waals surface area contributed by atoms with Gasteiger partial charge in [0.25, 0.3) is 21.8 Å². The van der Waals surface area contributed by atoms with Crippen LogP contribution >= 0.6 is 11.6 Å². The van der Waals surface area contributed by atoms with Crippen molar-refractivity contribution in [1.82, 2.24) is 10.9 Å². The van der Waals surface area contributed by atoms with E-state index in [9.17, 15) is 26.8 Å². The lowest BCUT2D eigenvalue weighted by molar-refractivity contribution is 0.0844. The number of benzene rings is 3. The summed E-state index contributed by atoms with van der Waals surface area (Å²) in [5, 5.41) is -0.167. The summed E-state index contributed by atoms with van der Waals surface area (Å²) in [6, 6.07) is 11.9. The third-order valence-electron chi connectivity index (χ3n) is 4.30. The van der Waals surface area contributed by atoms with Gasteiger partial charge in [-0.2, -0.15) is 0 Å². The van der Waals surface area contributed by atoms with E-state index in [1.165, 1.54) is 25.3 Å². The predicted molar refractivity (Wildman–Crippen MR) is 117 cm³/mol. The summed E-state index contributed by atoms with van der Waals surface area (Å²) in [4.78, 5) is 24.0. The van der Waals surface area contributed by atoms with Gasteiger partial charge in [-0.05, 0) is 48.5 Å². The lowest BCUT2D eigenvalue weighted by Crippen LogP contribution is -2.42. The number of rotatable bonds is 6. The van der Waals surface area contributed by atoms with E-state index in [1.807, 2.05) is 10.9 Å². The molecule has 3 aromatic carbocycles. The topological polar surface area (TPSA) is 114 Å². The van der Waals surface area contributed by atoms with E-state index in [1.54, 1.807) is 18.2 Å². The minimum absolute atomic E-state index is 0.148. The molecule has 0 bridgehead atoms. The molecule has 0 unspecified atom stereocenters. The monoisotopic (exact) mass is 495 g/mol. The van der Waals surface area contributed by atoms with Gasteiger partial charge in [-0.1, -0.05) is 23.7 Å². The molecular weight excluding hydrogens is 480 g/mol. The predicted octanol–water partition coefficient (Wildman–Crippen LogP) is 3.50. The Morgan fingerprint density at radius 3 is 2.36 bits per heavy atom. The van der Waals surface area contributed by atoms with E-state index >= 15 is 0 Å². The molecule has 0 radical (unpaired) electrons. The van der Waals surface area contributed by atoms with Gasteiger partial charge in [0.1, 0.15) is 22.3 Å². The number of ether oxygens (including phenoxy) is 1. The number of halogens is 3. The molecule has 0 saturated carbocycles. The quantitative estimate of drug-likeness (QED) is 0.453. The van der Waals surface area contributed by atoms with Gasteiger partial charge in [-0.3, -0.25) is 25.2 Å². The molecule has 0 atom stereocenters. The van der Waals surface area contributed by atoms with Gasteiger partial charge in [0.2, 0.25) is 0 Å². The van der Waals surface area contributed by atoms with Crippen LogP contribution in [0.2, 0.25) is 5.02 Å². The summed E-state index contributed by atoms with van der Waals surface area (Å²) in [6.07, 6.45) is 0. The molecule has 8 nitrogen and oxygen atoms in total. The number of hydrogen-bond donors (Lipinski definition) is 3. The Bertz CT molecular complexity index is 1340. The van der Waals surface area contributed by atoms with Crippen LogP contribution in [0.25, 0.3) is 0 Å². The highest BCUT2D eigenvalue weighted by atomic mass is 35.5. The molecule has 12 heteroatoms. The van der Waals surface area contributed by atoms with Crippen molar-refractivity contribution in [2.75, 3.05) is 11.8 Å². The maximum absolute atomic E-state index is 13.7. The van der Waals surface area contributed by atoms with Crippen LogP contribution in [0.1, 0.15) is 20.7 Å². The number of carbonyl (C=O) groups excluding carboxylic acids is 2. The fourth-order valence-corrected chi connectivity index (χ4v) is 4.30. The first-order chi connectivity index (χ1) is 15.6. The molecule has 3 aromatic rings. The molecule has 0 heterocycles. The molecule has 0 spiro atoms. The molecule has 0 aliphatic carbocycles. The van der Waals surface area contributed by atoms with Crippen LogP contribution < -0.4 is 20.3 Å². The number of sulfonamides is 1. The summed E-state index contributed by atoms with van der Waals surface area (Å²) in [5.41, 5.74) is 3.28. The molecule has 0 aromatic heterocycles. The number of hydrazine groups is 1. The van der Waals surface area contributed by atoms with Crippen molar-refractivity contribution >= 4 is 39.1 Å².